The number of alkyl halides is 3. The van der Waals surface area contributed by atoms with Gasteiger partial charge in [-0.05, 0) is 42.8 Å². The minimum Gasteiger partial charge on any atom is -0.338 e. The highest BCUT2D eigenvalue weighted by molar-refractivity contribution is 7.18. The molecule has 0 aliphatic carbocycles. The van der Waals surface area contributed by atoms with Crippen LogP contribution in [0.25, 0.3) is 10.2 Å². The first kappa shape index (κ1) is 16.3. The molecule has 2 heterocycles. The standard InChI is InChI=1S/C14H8Cl2F3N3S/c1-6-4-8-11(21-13(16)22-12(8)23-6)20-10-5-7(14(17,18)19)2-3-9(10)15/h2-5H,1H3,(H,20,21,22). The molecule has 0 fully saturated rings. The van der Waals surface area contributed by atoms with Crippen LogP contribution in [0.2, 0.25) is 10.3 Å². The molecule has 0 bridgehead atoms. The fraction of sp³-hybridized carbons (Fsp3) is 0.143. The minimum absolute atomic E-state index is 0.00458. The van der Waals surface area contributed by atoms with Crippen molar-refractivity contribution in [2.75, 3.05) is 5.32 Å². The van der Waals surface area contributed by atoms with Crippen LogP contribution < -0.4 is 5.32 Å². The van der Waals surface area contributed by atoms with E-state index in [1.54, 1.807) is 0 Å². The fourth-order valence-electron chi connectivity index (χ4n) is 2.04. The Morgan fingerprint density at radius 3 is 2.57 bits per heavy atom. The highest BCUT2D eigenvalue weighted by atomic mass is 35.5. The van der Waals surface area contributed by atoms with E-state index in [-0.39, 0.29) is 16.0 Å². The van der Waals surface area contributed by atoms with Gasteiger partial charge in [-0.1, -0.05) is 11.6 Å². The van der Waals surface area contributed by atoms with Crippen LogP contribution >= 0.6 is 34.5 Å². The van der Waals surface area contributed by atoms with Crippen molar-refractivity contribution in [3.63, 3.8) is 0 Å². The third-order valence-electron chi connectivity index (χ3n) is 3.04. The molecule has 0 atom stereocenters. The van der Waals surface area contributed by atoms with E-state index in [0.717, 1.165) is 17.0 Å². The lowest BCUT2D eigenvalue weighted by Crippen LogP contribution is -2.06. The molecular weight excluding hydrogens is 370 g/mol. The predicted molar refractivity (Wildman–Crippen MR) is 86.9 cm³/mol. The lowest BCUT2D eigenvalue weighted by atomic mass is 10.2. The molecule has 23 heavy (non-hydrogen) atoms. The number of halogens is 5. The molecule has 0 saturated heterocycles. The first-order chi connectivity index (χ1) is 10.7. The maximum absolute atomic E-state index is 12.8. The van der Waals surface area contributed by atoms with E-state index in [4.69, 9.17) is 23.2 Å². The maximum atomic E-state index is 12.8. The summed E-state index contributed by atoms with van der Waals surface area (Å²) in [6.45, 7) is 1.89. The van der Waals surface area contributed by atoms with Gasteiger partial charge in [0.15, 0.2) is 0 Å². The second kappa shape index (κ2) is 5.81. The summed E-state index contributed by atoms with van der Waals surface area (Å²) in [4.78, 5) is 9.78. The Morgan fingerprint density at radius 1 is 1.13 bits per heavy atom. The summed E-state index contributed by atoms with van der Waals surface area (Å²) in [5, 5.41) is 3.64. The van der Waals surface area contributed by atoms with Gasteiger partial charge >= 0.3 is 6.18 Å². The van der Waals surface area contributed by atoms with Crippen molar-refractivity contribution in [1.29, 1.82) is 0 Å². The molecule has 120 valence electrons. The van der Waals surface area contributed by atoms with E-state index in [1.165, 1.54) is 17.4 Å². The number of benzene rings is 1. The van der Waals surface area contributed by atoms with Gasteiger partial charge in [0.1, 0.15) is 10.6 Å². The number of thiophene rings is 1. The van der Waals surface area contributed by atoms with Gasteiger partial charge in [0.05, 0.1) is 21.7 Å². The summed E-state index contributed by atoms with van der Waals surface area (Å²) >= 11 is 13.3. The summed E-state index contributed by atoms with van der Waals surface area (Å²) in [5.41, 5.74) is -0.705. The zero-order valence-electron chi connectivity index (χ0n) is 11.5. The molecule has 0 aliphatic heterocycles. The van der Waals surface area contributed by atoms with E-state index in [1.807, 2.05) is 13.0 Å². The van der Waals surface area contributed by atoms with Crippen LogP contribution in [-0.4, -0.2) is 9.97 Å². The van der Waals surface area contributed by atoms with Crippen LogP contribution in [-0.2, 0) is 6.18 Å². The number of aryl methyl sites for hydroxylation is 1. The SMILES string of the molecule is Cc1cc2c(Nc3cc(C(F)(F)F)ccc3Cl)nc(Cl)nc2s1. The highest BCUT2D eigenvalue weighted by Crippen LogP contribution is 2.37. The molecule has 0 spiro atoms. The lowest BCUT2D eigenvalue weighted by Gasteiger charge is -2.12. The van der Waals surface area contributed by atoms with Crippen LogP contribution in [0.4, 0.5) is 24.7 Å². The molecule has 0 amide bonds. The van der Waals surface area contributed by atoms with Crippen LogP contribution in [0, 0.1) is 6.92 Å². The predicted octanol–water partition coefficient (Wildman–Crippen LogP) is 6.07. The van der Waals surface area contributed by atoms with Crippen molar-refractivity contribution in [2.45, 2.75) is 13.1 Å². The van der Waals surface area contributed by atoms with Crippen molar-refractivity contribution in [1.82, 2.24) is 9.97 Å². The van der Waals surface area contributed by atoms with Gasteiger partial charge in [0, 0.05) is 4.88 Å². The van der Waals surface area contributed by atoms with Gasteiger partial charge in [-0.25, -0.2) is 4.98 Å². The summed E-state index contributed by atoms with van der Waals surface area (Å²) < 4.78 is 38.5. The van der Waals surface area contributed by atoms with Crippen LogP contribution in [0.5, 0.6) is 0 Å². The van der Waals surface area contributed by atoms with Crippen LogP contribution in [0.1, 0.15) is 10.4 Å². The van der Waals surface area contributed by atoms with Gasteiger partial charge in [-0.3, -0.25) is 0 Å². The van der Waals surface area contributed by atoms with Crippen LogP contribution in [0.3, 0.4) is 0 Å². The molecule has 9 heteroatoms. The molecule has 0 aliphatic rings. The normalized spacial score (nSPS) is 11.9. The molecule has 3 rings (SSSR count). The van der Waals surface area contributed by atoms with Crippen LogP contribution in [0.15, 0.2) is 24.3 Å². The first-order valence-electron chi connectivity index (χ1n) is 6.31. The second-order valence-corrected chi connectivity index (χ2v) is 6.71. The average molecular weight is 378 g/mol. The first-order valence-corrected chi connectivity index (χ1v) is 7.89. The summed E-state index contributed by atoms with van der Waals surface area (Å²) in [7, 11) is 0. The van der Waals surface area contributed by atoms with Crippen molar-refractivity contribution in [2.24, 2.45) is 0 Å². The number of rotatable bonds is 2. The number of nitrogens with one attached hydrogen (secondary N) is 1. The van der Waals surface area contributed by atoms with Crippen molar-refractivity contribution >= 4 is 56.3 Å². The van der Waals surface area contributed by atoms with Crippen molar-refractivity contribution < 1.29 is 13.2 Å². The van der Waals surface area contributed by atoms with Gasteiger partial charge < -0.3 is 5.32 Å². The quantitative estimate of drug-likeness (QED) is 0.550. The highest BCUT2D eigenvalue weighted by Gasteiger charge is 2.31. The Labute approximate surface area is 143 Å². The number of nitrogens with zero attached hydrogens (tertiary/aromatic N) is 2. The molecular formula is C14H8Cl2F3N3S. The minimum atomic E-state index is -4.46. The summed E-state index contributed by atoms with van der Waals surface area (Å²) in [5.74, 6) is 0.311. The van der Waals surface area contributed by atoms with E-state index in [2.05, 4.69) is 15.3 Å². The van der Waals surface area contributed by atoms with E-state index in [0.29, 0.717) is 16.0 Å². The van der Waals surface area contributed by atoms with Gasteiger partial charge in [-0.2, -0.15) is 18.2 Å². The maximum Gasteiger partial charge on any atom is 0.416 e. The monoisotopic (exact) mass is 377 g/mol. The number of anilines is 2. The van der Waals surface area contributed by atoms with E-state index >= 15 is 0 Å². The molecule has 0 unspecified atom stereocenters. The molecule has 0 radical (unpaired) electrons. The lowest BCUT2D eigenvalue weighted by molar-refractivity contribution is -0.137. The smallest absolute Gasteiger partial charge is 0.338 e. The van der Waals surface area contributed by atoms with Crippen molar-refractivity contribution in [3.05, 3.63) is 45.0 Å². The molecule has 2 aromatic heterocycles. The average Bonchev–Trinajstić information content (AvgIpc) is 2.80. The Balaban J connectivity index is 2.09. The van der Waals surface area contributed by atoms with E-state index < -0.39 is 11.7 Å². The largest absolute Gasteiger partial charge is 0.416 e. The molecule has 1 N–H and O–H groups in total. The summed E-state index contributed by atoms with van der Waals surface area (Å²) in [6, 6.07) is 4.87. The number of hydrogen-bond donors (Lipinski definition) is 1. The third kappa shape index (κ3) is 3.36. The third-order valence-corrected chi connectivity index (χ3v) is 4.48. The van der Waals surface area contributed by atoms with E-state index in [9.17, 15) is 13.2 Å². The van der Waals surface area contributed by atoms with Gasteiger partial charge in [0.25, 0.3) is 0 Å². The zero-order valence-corrected chi connectivity index (χ0v) is 13.8. The topological polar surface area (TPSA) is 37.8 Å². The number of hydrogen-bond acceptors (Lipinski definition) is 4. The number of fused-ring (bicyclic) bond motifs is 1. The Kier molecular flexibility index (Phi) is 4.12. The molecule has 3 nitrogen and oxygen atoms in total. The molecule has 3 aromatic rings. The molecule has 1 aromatic carbocycles. The van der Waals surface area contributed by atoms with Gasteiger partial charge in [0.2, 0.25) is 5.28 Å². The fourth-order valence-corrected chi connectivity index (χ4v) is 3.30. The number of aromatic nitrogens is 2. The Hall–Kier alpha value is -1.57. The zero-order chi connectivity index (χ0) is 16.8. The summed E-state index contributed by atoms with van der Waals surface area (Å²) in [6.07, 6.45) is -4.46. The second-order valence-electron chi connectivity index (χ2n) is 4.73. The Morgan fingerprint density at radius 2 is 1.87 bits per heavy atom. The van der Waals surface area contributed by atoms with Crippen molar-refractivity contribution in [3.8, 4) is 0 Å². The molecule has 0 saturated carbocycles. The van der Waals surface area contributed by atoms with Gasteiger partial charge in [-0.15, -0.1) is 11.3 Å². The Bertz CT molecular complexity index is 893.